The van der Waals surface area contributed by atoms with Crippen LogP contribution in [-0.4, -0.2) is 91.7 Å². The minimum absolute atomic E-state index is 0.236. The Morgan fingerprint density at radius 3 is 2.35 bits per heavy atom. The fourth-order valence-corrected chi connectivity index (χ4v) is 6.08. The van der Waals surface area contributed by atoms with Gasteiger partial charge in [0.25, 0.3) is 0 Å². The van der Waals surface area contributed by atoms with Crippen LogP contribution in [0.25, 0.3) is 0 Å². The van der Waals surface area contributed by atoms with Gasteiger partial charge in [-0.25, -0.2) is 9.67 Å². The molecule has 296 valence electrons. The van der Waals surface area contributed by atoms with Crippen molar-refractivity contribution in [1.29, 1.82) is 0 Å². The number of nitrogens with zero attached hydrogens (tertiary/aromatic N) is 6. The maximum absolute atomic E-state index is 11.8. The summed E-state index contributed by atoms with van der Waals surface area (Å²) in [5.41, 5.74) is 12.5. The number of aromatic nitrogens is 5. The van der Waals surface area contributed by atoms with Crippen LogP contribution < -0.4 is 20.9 Å². The summed E-state index contributed by atoms with van der Waals surface area (Å²) in [5.74, 6) is 2.25. The molecule has 0 radical (unpaired) electrons. The van der Waals surface area contributed by atoms with Gasteiger partial charge in [0.15, 0.2) is 5.69 Å². The summed E-state index contributed by atoms with van der Waals surface area (Å²) in [6.07, 6.45) is 2.09. The van der Waals surface area contributed by atoms with Crippen molar-refractivity contribution in [3.05, 3.63) is 83.6 Å². The number of rotatable bonds is 12. The average molecular weight is 759 g/mol. The fourth-order valence-electron chi connectivity index (χ4n) is 6.08. The standard InChI is InChI=1S/C31H43N5O5.C5H4F3N3.C2H6/c1-22-20-23(10-14-32)4-9-29(22)41-26-7-5-25(6-8-26)39-18-3-2-15-35-16-11-24(12-17-35)36-21-27(33-34-36)31-30(38)28(37)13-19-40-31;6-5(7,8)3-1-10-2-4(9)11-3;1-2/h4-9,20-21,24,28,30-31,37-38H,2-3,10-19,32H2,1H3;1-2H,(H2,9,11);1-2H3. The monoisotopic (exact) mass is 758 g/mol. The number of alkyl halides is 3. The van der Waals surface area contributed by atoms with Crippen LogP contribution in [0.4, 0.5) is 19.0 Å². The molecule has 2 aliphatic rings. The molecule has 2 aromatic carbocycles. The van der Waals surface area contributed by atoms with Crippen LogP contribution >= 0.6 is 0 Å². The first-order valence-electron chi connectivity index (χ1n) is 18.5. The SMILES string of the molecule is CC.Cc1cc(CCN)ccc1Oc1ccc(OCCCCN2CCC(n3cc(C4OCCC(O)C4O)nn3)CC2)cc1.Nc1cncc(C(F)(F)F)n1. The third-order valence-corrected chi connectivity index (χ3v) is 8.97. The van der Waals surface area contributed by atoms with Crippen LogP contribution in [0.15, 0.2) is 61.1 Å². The quantitative estimate of drug-likeness (QED) is 0.130. The second kappa shape index (κ2) is 20.9. The van der Waals surface area contributed by atoms with E-state index in [0.717, 1.165) is 80.7 Å². The lowest BCUT2D eigenvalue weighted by molar-refractivity contribution is -0.141. The lowest BCUT2D eigenvalue weighted by Gasteiger charge is -2.32. The summed E-state index contributed by atoms with van der Waals surface area (Å²) < 4.78 is 55.0. The van der Waals surface area contributed by atoms with Crippen molar-refractivity contribution in [3.63, 3.8) is 0 Å². The van der Waals surface area contributed by atoms with Gasteiger partial charge in [0, 0.05) is 13.1 Å². The molecule has 4 heterocycles. The van der Waals surface area contributed by atoms with Gasteiger partial charge >= 0.3 is 6.18 Å². The number of nitrogens with two attached hydrogens (primary N) is 2. The molecule has 54 heavy (non-hydrogen) atoms. The Bertz CT molecular complexity index is 1690. The molecule has 2 aromatic heterocycles. The fraction of sp³-hybridized carbons (Fsp3) is 0.526. The van der Waals surface area contributed by atoms with E-state index in [1.807, 2.05) is 55.1 Å². The molecule has 3 unspecified atom stereocenters. The van der Waals surface area contributed by atoms with E-state index in [4.69, 9.17) is 25.7 Å². The van der Waals surface area contributed by atoms with Crippen molar-refractivity contribution in [2.45, 2.75) is 89.8 Å². The molecule has 2 aliphatic heterocycles. The van der Waals surface area contributed by atoms with Crippen molar-refractivity contribution in [2.75, 3.05) is 45.1 Å². The van der Waals surface area contributed by atoms with E-state index in [2.05, 4.69) is 44.2 Å². The first-order chi connectivity index (χ1) is 26.0. The highest BCUT2D eigenvalue weighted by Gasteiger charge is 2.35. The van der Waals surface area contributed by atoms with Gasteiger partial charge in [-0.15, -0.1) is 5.10 Å². The first kappa shape index (κ1) is 42.4. The van der Waals surface area contributed by atoms with Gasteiger partial charge in [-0.05, 0) is 100.0 Å². The van der Waals surface area contributed by atoms with E-state index >= 15 is 0 Å². The second-order valence-electron chi connectivity index (χ2n) is 12.9. The van der Waals surface area contributed by atoms with Crippen LogP contribution in [0.2, 0.25) is 0 Å². The maximum Gasteiger partial charge on any atom is 0.434 e. The summed E-state index contributed by atoms with van der Waals surface area (Å²) in [5, 5.41) is 28.7. The molecule has 6 rings (SSSR count). The molecule has 6 N–H and O–H groups in total. The largest absolute Gasteiger partial charge is 0.494 e. The topological polar surface area (TPSA) is 180 Å². The van der Waals surface area contributed by atoms with E-state index in [1.165, 1.54) is 5.56 Å². The number of hydrogen-bond acceptors (Lipinski definition) is 12. The summed E-state index contributed by atoms with van der Waals surface area (Å²) >= 11 is 0. The summed E-state index contributed by atoms with van der Waals surface area (Å²) in [4.78, 5) is 8.77. The smallest absolute Gasteiger partial charge is 0.434 e. The van der Waals surface area contributed by atoms with Crippen LogP contribution in [0.1, 0.15) is 80.6 Å². The number of piperidine rings is 1. The van der Waals surface area contributed by atoms with Crippen molar-refractivity contribution in [2.24, 2.45) is 5.73 Å². The van der Waals surface area contributed by atoms with Crippen LogP contribution in [0, 0.1) is 6.92 Å². The third kappa shape index (κ3) is 12.6. The number of hydrogen-bond donors (Lipinski definition) is 4. The minimum atomic E-state index is -4.47. The Kier molecular flexibility index (Phi) is 16.4. The average Bonchev–Trinajstić information content (AvgIpc) is 3.66. The van der Waals surface area contributed by atoms with Crippen LogP contribution in [0.3, 0.4) is 0 Å². The Balaban J connectivity index is 0.000000426. The molecule has 0 saturated carbocycles. The Hall–Kier alpha value is -4.35. The molecular formula is C38H53F3N8O5. The van der Waals surface area contributed by atoms with Crippen molar-refractivity contribution in [1.82, 2.24) is 29.9 Å². The van der Waals surface area contributed by atoms with E-state index in [1.54, 1.807) is 0 Å². The summed E-state index contributed by atoms with van der Waals surface area (Å²) in [6.45, 7) is 10.9. The van der Waals surface area contributed by atoms with Gasteiger partial charge in [-0.3, -0.25) is 4.98 Å². The number of likely N-dealkylation sites (tertiary alicyclic amines) is 1. The lowest BCUT2D eigenvalue weighted by Crippen LogP contribution is -2.39. The predicted octanol–water partition coefficient (Wildman–Crippen LogP) is 5.66. The highest BCUT2D eigenvalue weighted by Crippen LogP contribution is 2.30. The molecule has 16 heteroatoms. The number of anilines is 1. The molecule has 4 aromatic rings. The highest BCUT2D eigenvalue weighted by atomic mass is 19.4. The van der Waals surface area contributed by atoms with Gasteiger partial charge in [0.2, 0.25) is 0 Å². The predicted molar refractivity (Wildman–Crippen MR) is 198 cm³/mol. The number of nitrogen functional groups attached to an aromatic ring is 1. The zero-order chi connectivity index (χ0) is 39.1. The number of aliphatic hydroxyl groups excluding tert-OH is 2. The Morgan fingerprint density at radius 2 is 1.70 bits per heavy atom. The van der Waals surface area contributed by atoms with Crippen LogP contribution in [0.5, 0.6) is 17.2 Å². The highest BCUT2D eigenvalue weighted by molar-refractivity contribution is 5.41. The number of aliphatic hydroxyl groups is 2. The van der Waals surface area contributed by atoms with Crippen molar-refractivity contribution >= 4 is 5.82 Å². The van der Waals surface area contributed by atoms with Gasteiger partial charge in [-0.1, -0.05) is 31.2 Å². The zero-order valence-electron chi connectivity index (χ0n) is 31.2. The van der Waals surface area contributed by atoms with Gasteiger partial charge in [-0.2, -0.15) is 13.2 Å². The molecule has 13 nitrogen and oxygen atoms in total. The minimum Gasteiger partial charge on any atom is -0.494 e. The Labute approximate surface area is 314 Å². The van der Waals surface area contributed by atoms with Gasteiger partial charge in [0.1, 0.15) is 41.0 Å². The Morgan fingerprint density at radius 1 is 0.981 bits per heavy atom. The lowest BCUT2D eigenvalue weighted by atomic mass is 10.0. The number of aryl methyl sites for hydroxylation is 1. The normalized spacial score (nSPS) is 19.2. The molecule has 0 spiro atoms. The first-order valence-corrected chi connectivity index (χ1v) is 18.5. The maximum atomic E-state index is 11.8. The molecule has 2 saturated heterocycles. The van der Waals surface area contributed by atoms with E-state index in [-0.39, 0.29) is 11.9 Å². The van der Waals surface area contributed by atoms with Crippen LogP contribution in [-0.2, 0) is 17.3 Å². The number of halogens is 3. The zero-order valence-corrected chi connectivity index (χ0v) is 31.2. The van der Waals surface area contributed by atoms with E-state index in [0.29, 0.717) is 38.1 Å². The van der Waals surface area contributed by atoms with Gasteiger partial charge < -0.3 is 40.8 Å². The van der Waals surface area contributed by atoms with Gasteiger partial charge in [0.05, 0.1) is 44.0 Å². The van der Waals surface area contributed by atoms with E-state index < -0.39 is 30.2 Å². The third-order valence-electron chi connectivity index (χ3n) is 8.97. The summed E-state index contributed by atoms with van der Waals surface area (Å²) in [7, 11) is 0. The number of benzene rings is 2. The molecule has 0 amide bonds. The molecule has 0 aliphatic carbocycles. The van der Waals surface area contributed by atoms with Crippen molar-refractivity contribution < 1.29 is 37.6 Å². The summed E-state index contributed by atoms with van der Waals surface area (Å²) in [6, 6.07) is 14.3. The molecule has 2 fully saturated rings. The molecule has 0 bridgehead atoms. The number of unbranched alkanes of at least 4 members (excludes halogenated alkanes) is 1. The van der Waals surface area contributed by atoms with E-state index in [9.17, 15) is 23.4 Å². The molecule has 3 atom stereocenters. The number of ether oxygens (including phenoxy) is 3. The second-order valence-corrected chi connectivity index (χ2v) is 12.9. The molecular weight excluding hydrogens is 705 g/mol. The van der Waals surface area contributed by atoms with Crippen molar-refractivity contribution in [3.8, 4) is 17.2 Å².